The first-order valence-corrected chi connectivity index (χ1v) is 9.28. The number of hydrogen-bond donors (Lipinski definition) is 2. The fraction of sp³-hybridized carbons (Fsp3) is 0.579. The molecule has 2 unspecified atom stereocenters. The van der Waals surface area contributed by atoms with Gasteiger partial charge in [-0.3, -0.25) is 0 Å². The van der Waals surface area contributed by atoms with E-state index in [1.54, 1.807) is 0 Å². The fourth-order valence-electron chi connectivity index (χ4n) is 4.27. The van der Waals surface area contributed by atoms with Gasteiger partial charge >= 0.3 is 6.09 Å². The number of β-amino-alcohol motifs (C(OH)–C–C–N with tert-alkyl or cyclic N) is 1. The number of benzene rings is 1. The average molecular weight is 359 g/mol. The van der Waals surface area contributed by atoms with E-state index in [2.05, 4.69) is 5.10 Å². The van der Waals surface area contributed by atoms with Gasteiger partial charge in [0, 0.05) is 18.5 Å². The number of hydrogen-bond acceptors (Lipinski definition) is 4. The molecule has 140 valence electrons. The predicted octanol–water partition coefficient (Wildman–Crippen LogP) is 3.01. The quantitative estimate of drug-likeness (QED) is 0.861. The molecule has 0 saturated carbocycles. The lowest BCUT2D eigenvalue weighted by Crippen LogP contribution is -2.48. The molecule has 26 heavy (non-hydrogen) atoms. The van der Waals surface area contributed by atoms with Gasteiger partial charge in [0.1, 0.15) is 5.60 Å². The summed E-state index contributed by atoms with van der Waals surface area (Å²) in [7, 11) is 0. The maximum Gasteiger partial charge on any atom is 0.407 e. The normalized spacial score (nSPS) is 27.0. The Hall–Kier alpha value is -2.12. The molecule has 2 N–H and O–H groups in total. The molecule has 1 amide bonds. The highest BCUT2D eigenvalue weighted by Gasteiger charge is 2.38. The summed E-state index contributed by atoms with van der Waals surface area (Å²) in [6, 6.07) is 4.00. The Kier molecular flexibility index (Phi) is 4.36. The van der Waals surface area contributed by atoms with Crippen LogP contribution in [0.25, 0.3) is 10.9 Å². The van der Waals surface area contributed by atoms with Crippen molar-refractivity contribution in [2.75, 3.05) is 19.7 Å². The smallest absolute Gasteiger partial charge is 0.407 e. The second-order valence-electron chi connectivity index (χ2n) is 7.48. The van der Waals surface area contributed by atoms with Crippen molar-refractivity contribution in [3.8, 4) is 0 Å². The van der Waals surface area contributed by atoms with Crippen LogP contribution in [0.2, 0.25) is 0 Å². The van der Waals surface area contributed by atoms with E-state index in [1.807, 2.05) is 29.9 Å². The highest BCUT2D eigenvalue weighted by atomic mass is 16.5. The molecule has 2 aromatic rings. The number of amides is 1. The summed E-state index contributed by atoms with van der Waals surface area (Å²) in [4.78, 5) is 12.7. The van der Waals surface area contributed by atoms with Crippen LogP contribution in [0.4, 0.5) is 4.79 Å². The molecule has 1 aromatic carbocycles. The molecule has 2 aliphatic heterocycles. The molecule has 2 aliphatic rings. The van der Waals surface area contributed by atoms with Gasteiger partial charge in [0.2, 0.25) is 0 Å². The zero-order valence-electron chi connectivity index (χ0n) is 15.0. The van der Waals surface area contributed by atoms with Crippen LogP contribution < -0.4 is 0 Å². The van der Waals surface area contributed by atoms with Gasteiger partial charge in [0.05, 0.1) is 18.3 Å². The van der Waals surface area contributed by atoms with Crippen molar-refractivity contribution in [1.29, 1.82) is 0 Å². The Morgan fingerprint density at radius 3 is 2.92 bits per heavy atom. The third-order valence-corrected chi connectivity index (χ3v) is 5.61. The van der Waals surface area contributed by atoms with Crippen molar-refractivity contribution >= 4 is 17.0 Å². The monoisotopic (exact) mass is 359 g/mol. The summed E-state index contributed by atoms with van der Waals surface area (Å²) >= 11 is 0. The highest BCUT2D eigenvalue weighted by Crippen LogP contribution is 2.36. The number of aryl methyl sites for hydroxylation is 1. The van der Waals surface area contributed by atoms with Gasteiger partial charge in [-0.2, -0.15) is 5.10 Å². The van der Waals surface area contributed by atoms with Crippen molar-refractivity contribution in [2.45, 2.75) is 50.9 Å². The number of fused-ring (bicyclic) bond motifs is 1. The largest absolute Gasteiger partial charge is 0.465 e. The molecule has 7 nitrogen and oxygen atoms in total. The number of carbonyl (C=O) groups is 1. The van der Waals surface area contributed by atoms with E-state index in [0.29, 0.717) is 19.4 Å². The minimum Gasteiger partial charge on any atom is -0.465 e. The van der Waals surface area contributed by atoms with Crippen LogP contribution in [0.3, 0.4) is 0 Å². The van der Waals surface area contributed by atoms with Gasteiger partial charge in [0.15, 0.2) is 6.23 Å². The summed E-state index contributed by atoms with van der Waals surface area (Å²) in [5.41, 5.74) is 1.50. The summed E-state index contributed by atoms with van der Waals surface area (Å²) < 4.78 is 7.77. The van der Waals surface area contributed by atoms with Gasteiger partial charge in [-0.15, -0.1) is 0 Å². The summed E-state index contributed by atoms with van der Waals surface area (Å²) in [5, 5.41) is 26.1. The lowest BCUT2D eigenvalue weighted by molar-refractivity contribution is -0.0371. The van der Waals surface area contributed by atoms with Crippen LogP contribution in [-0.2, 0) is 10.3 Å². The van der Waals surface area contributed by atoms with Gasteiger partial charge in [-0.05, 0) is 62.3 Å². The zero-order valence-corrected chi connectivity index (χ0v) is 15.0. The molecule has 2 fully saturated rings. The van der Waals surface area contributed by atoms with Crippen LogP contribution >= 0.6 is 0 Å². The van der Waals surface area contributed by atoms with Crippen LogP contribution in [0, 0.1) is 6.92 Å². The second kappa shape index (κ2) is 6.55. The maximum atomic E-state index is 11.4. The number of nitrogens with zero attached hydrogens (tertiary/aromatic N) is 3. The van der Waals surface area contributed by atoms with Crippen molar-refractivity contribution in [3.63, 3.8) is 0 Å². The maximum absolute atomic E-state index is 11.4. The Bertz CT molecular complexity index is 828. The Morgan fingerprint density at radius 2 is 2.19 bits per heavy atom. The van der Waals surface area contributed by atoms with Crippen LogP contribution in [0.1, 0.15) is 49.5 Å². The first-order valence-electron chi connectivity index (χ1n) is 9.28. The molecule has 0 spiro atoms. The molecule has 0 radical (unpaired) electrons. The van der Waals surface area contributed by atoms with Crippen molar-refractivity contribution < 1.29 is 19.7 Å². The number of likely N-dealkylation sites (tertiary alicyclic amines) is 1. The SMILES string of the molecule is Cc1cc2cnn(C3CCCCO3)c2cc1C1(O)CCCN(C(=O)O)C1. The Balaban J connectivity index is 1.75. The zero-order chi connectivity index (χ0) is 18.3. The molecule has 2 saturated heterocycles. The van der Waals surface area contributed by atoms with Gasteiger partial charge in [0.25, 0.3) is 0 Å². The number of aromatic nitrogens is 2. The van der Waals surface area contributed by atoms with Crippen molar-refractivity contribution in [2.24, 2.45) is 0 Å². The van der Waals surface area contributed by atoms with Gasteiger partial charge in [-0.1, -0.05) is 0 Å². The average Bonchev–Trinajstić information content (AvgIpc) is 3.04. The van der Waals surface area contributed by atoms with E-state index in [4.69, 9.17) is 4.74 Å². The first-order chi connectivity index (χ1) is 12.5. The second-order valence-corrected chi connectivity index (χ2v) is 7.48. The number of carboxylic acid groups (broad SMARTS) is 1. The molecule has 7 heteroatoms. The standard InChI is InChI=1S/C19H25N3O4/c1-13-9-14-11-20-22(17-5-2-3-8-26-17)16(14)10-15(13)19(25)6-4-7-21(12-19)18(23)24/h9-11,17,25H,2-8,12H2,1H3,(H,23,24). The molecule has 0 bridgehead atoms. The molecule has 0 aliphatic carbocycles. The van der Waals surface area contributed by atoms with Crippen LogP contribution in [-0.4, -0.2) is 50.7 Å². The summed E-state index contributed by atoms with van der Waals surface area (Å²) in [6.45, 7) is 3.26. The predicted molar refractivity (Wildman–Crippen MR) is 96.0 cm³/mol. The minimum atomic E-state index is -1.17. The lowest BCUT2D eigenvalue weighted by atomic mass is 9.83. The van der Waals surface area contributed by atoms with Gasteiger partial charge < -0.3 is 19.8 Å². The molecule has 4 rings (SSSR count). The topological polar surface area (TPSA) is 87.8 Å². The molecular formula is C19H25N3O4. The molecule has 1 aromatic heterocycles. The lowest BCUT2D eigenvalue weighted by Gasteiger charge is -2.39. The molecule has 3 heterocycles. The minimum absolute atomic E-state index is 0.0756. The van der Waals surface area contributed by atoms with E-state index in [9.17, 15) is 15.0 Å². The van der Waals surface area contributed by atoms with E-state index in [1.165, 1.54) is 4.90 Å². The number of rotatable bonds is 2. The highest BCUT2D eigenvalue weighted by molar-refractivity contribution is 5.81. The van der Waals surface area contributed by atoms with Crippen LogP contribution in [0.5, 0.6) is 0 Å². The molecular weight excluding hydrogens is 334 g/mol. The van der Waals surface area contributed by atoms with E-state index < -0.39 is 11.7 Å². The first kappa shape index (κ1) is 17.3. The van der Waals surface area contributed by atoms with Crippen LogP contribution in [0.15, 0.2) is 18.3 Å². The third kappa shape index (κ3) is 2.95. The van der Waals surface area contributed by atoms with E-state index >= 15 is 0 Å². The Labute approximate surface area is 152 Å². The number of piperidine rings is 1. The summed E-state index contributed by atoms with van der Waals surface area (Å²) in [5.74, 6) is 0. The number of ether oxygens (including phenoxy) is 1. The van der Waals surface area contributed by atoms with Crippen molar-refractivity contribution in [1.82, 2.24) is 14.7 Å². The van der Waals surface area contributed by atoms with Gasteiger partial charge in [-0.25, -0.2) is 9.48 Å². The summed E-state index contributed by atoms with van der Waals surface area (Å²) in [6.07, 6.45) is 5.08. The molecule has 2 atom stereocenters. The number of aliphatic hydroxyl groups is 1. The van der Waals surface area contributed by atoms with Crippen molar-refractivity contribution in [3.05, 3.63) is 29.5 Å². The third-order valence-electron chi connectivity index (χ3n) is 5.61. The van der Waals surface area contributed by atoms with E-state index in [-0.39, 0.29) is 12.8 Å². The fourth-order valence-corrected chi connectivity index (χ4v) is 4.27. The Morgan fingerprint density at radius 1 is 1.35 bits per heavy atom. The van der Waals surface area contributed by atoms with E-state index in [0.717, 1.165) is 47.9 Å².